The van der Waals surface area contributed by atoms with Crippen LogP contribution >= 0.6 is 15.9 Å². The van der Waals surface area contributed by atoms with Crippen molar-refractivity contribution in [2.75, 3.05) is 5.32 Å². The highest BCUT2D eigenvalue weighted by atomic mass is 79.9. The Balaban J connectivity index is 2.43. The molecule has 3 nitrogen and oxygen atoms in total. The summed E-state index contributed by atoms with van der Waals surface area (Å²) < 4.78 is 2.95. The molecular weight excluding hydrogens is 244 g/mol. The van der Waals surface area contributed by atoms with Crippen LogP contribution in [0.2, 0.25) is 0 Å². The zero-order chi connectivity index (χ0) is 9.71. The van der Waals surface area contributed by atoms with E-state index in [2.05, 4.69) is 21.2 Å². The summed E-state index contributed by atoms with van der Waals surface area (Å²) in [7, 11) is 0. The van der Waals surface area contributed by atoms with Gasteiger partial charge in [0.25, 0.3) is 0 Å². The van der Waals surface area contributed by atoms with E-state index in [0.717, 1.165) is 21.1 Å². The zero-order valence-electron chi connectivity index (χ0n) is 7.25. The minimum absolute atomic E-state index is 0.0353. The summed E-state index contributed by atoms with van der Waals surface area (Å²) in [6, 6.07) is 5.99. The number of carbonyl (C=O) groups is 1. The van der Waals surface area contributed by atoms with Gasteiger partial charge in [-0.2, -0.15) is 0 Å². The fourth-order valence-corrected chi connectivity index (χ4v) is 2.36. The van der Waals surface area contributed by atoms with Crippen molar-refractivity contribution >= 4 is 38.4 Å². The number of benzene rings is 1. The molecule has 1 N–H and O–H groups in total. The number of aromatic nitrogens is 1. The normalized spacial score (nSPS) is 14.5. The van der Waals surface area contributed by atoms with Crippen LogP contribution in [0.15, 0.2) is 28.9 Å². The number of anilines is 1. The minimum Gasteiger partial charge on any atom is -0.336 e. The third kappa shape index (κ3) is 1.00. The first-order valence-electron chi connectivity index (χ1n) is 4.32. The molecule has 0 bridgehead atoms. The van der Waals surface area contributed by atoms with Gasteiger partial charge in [-0.15, -0.1) is 0 Å². The number of rotatable bonds is 0. The summed E-state index contributed by atoms with van der Waals surface area (Å²) >= 11 is 3.42. The molecule has 1 amide bonds. The van der Waals surface area contributed by atoms with E-state index in [0.29, 0.717) is 6.54 Å². The molecule has 0 spiro atoms. The van der Waals surface area contributed by atoms with Gasteiger partial charge < -0.3 is 9.88 Å². The number of nitrogens with one attached hydrogen (secondary N) is 1. The molecule has 0 saturated carbocycles. The Kier molecular flexibility index (Phi) is 1.50. The number of nitrogens with zero attached hydrogens (tertiary/aromatic N) is 1. The zero-order valence-corrected chi connectivity index (χ0v) is 8.84. The summed E-state index contributed by atoms with van der Waals surface area (Å²) in [5, 5.41) is 4.01. The van der Waals surface area contributed by atoms with Gasteiger partial charge in [-0.3, -0.25) is 4.79 Å². The van der Waals surface area contributed by atoms with Gasteiger partial charge in [-0.1, -0.05) is 15.9 Å². The molecule has 0 atom stereocenters. The molecular formula is C10H7BrN2O. The van der Waals surface area contributed by atoms with Crippen LogP contribution in [0.25, 0.3) is 10.9 Å². The maximum absolute atomic E-state index is 11.3. The average molecular weight is 251 g/mol. The number of hydrogen-bond donors (Lipinski definition) is 1. The third-order valence-corrected chi connectivity index (χ3v) is 2.87. The molecule has 14 heavy (non-hydrogen) atoms. The summed E-state index contributed by atoms with van der Waals surface area (Å²) in [6.45, 7) is 0.415. The van der Waals surface area contributed by atoms with Gasteiger partial charge in [0.05, 0.1) is 11.2 Å². The number of hydrogen-bond acceptors (Lipinski definition) is 1. The molecule has 1 aromatic heterocycles. The van der Waals surface area contributed by atoms with E-state index in [1.54, 1.807) is 0 Å². The van der Waals surface area contributed by atoms with E-state index >= 15 is 0 Å². The van der Waals surface area contributed by atoms with Crippen LogP contribution in [-0.2, 0) is 11.3 Å². The molecule has 2 aromatic rings. The van der Waals surface area contributed by atoms with Crippen LogP contribution < -0.4 is 5.32 Å². The first kappa shape index (κ1) is 8.05. The number of carbonyl (C=O) groups excluding carboxylic acids is 1. The van der Waals surface area contributed by atoms with Crippen molar-refractivity contribution in [2.45, 2.75) is 6.54 Å². The first-order valence-corrected chi connectivity index (χ1v) is 5.11. The fraction of sp³-hybridized carbons (Fsp3) is 0.100. The molecule has 0 radical (unpaired) electrons. The first-order chi connectivity index (χ1) is 6.74. The molecule has 0 saturated heterocycles. The summed E-state index contributed by atoms with van der Waals surface area (Å²) in [5.41, 5.74) is 1.99. The van der Waals surface area contributed by atoms with Gasteiger partial charge in [0.1, 0.15) is 6.54 Å². The molecule has 3 rings (SSSR count). The molecule has 0 unspecified atom stereocenters. The molecule has 4 heteroatoms. The molecule has 70 valence electrons. The fourth-order valence-electron chi connectivity index (χ4n) is 1.88. The SMILES string of the molecule is O=C1Cn2ccc3cc(Br)cc(c32)N1. The van der Waals surface area contributed by atoms with Crippen molar-refractivity contribution in [3.63, 3.8) is 0 Å². The van der Waals surface area contributed by atoms with Gasteiger partial charge in [0.15, 0.2) is 0 Å². The lowest BCUT2D eigenvalue weighted by Gasteiger charge is -2.16. The van der Waals surface area contributed by atoms with Gasteiger partial charge in [-0.05, 0) is 18.2 Å². The van der Waals surface area contributed by atoms with Crippen LogP contribution in [-0.4, -0.2) is 10.5 Å². The lowest BCUT2D eigenvalue weighted by atomic mass is 10.2. The second-order valence-electron chi connectivity index (χ2n) is 3.38. The van der Waals surface area contributed by atoms with E-state index in [9.17, 15) is 4.79 Å². The highest BCUT2D eigenvalue weighted by Crippen LogP contribution is 2.31. The summed E-state index contributed by atoms with van der Waals surface area (Å²) in [5.74, 6) is 0.0353. The second-order valence-corrected chi connectivity index (χ2v) is 4.30. The Morgan fingerprint density at radius 2 is 2.29 bits per heavy atom. The lowest BCUT2D eigenvalue weighted by Crippen LogP contribution is -2.23. The Hall–Kier alpha value is -1.29. The van der Waals surface area contributed by atoms with E-state index in [1.807, 2.05) is 29.0 Å². The van der Waals surface area contributed by atoms with Gasteiger partial charge >= 0.3 is 0 Å². The monoisotopic (exact) mass is 250 g/mol. The predicted molar refractivity (Wildman–Crippen MR) is 58.3 cm³/mol. The predicted octanol–water partition coefficient (Wildman–Crippen LogP) is 2.36. The van der Waals surface area contributed by atoms with Crippen LogP contribution in [0.1, 0.15) is 0 Å². The van der Waals surface area contributed by atoms with E-state index in [-0.39, 0.29) is 5.91 Å². The number of amides is 1. The highest BCUT2D eigenvalue weighted by molar-refractivity contribution is 9.10. The van der Waals surface area contributed by atoms with E-state index in [1.165, 1.54) is 0 Å². The highest BCUT2D eigenvalue weighted by Gasteiger charge is 2.17. The molecule has 2 heterocycles. The number of halogens is 1. The molecule has 1 aliphatic rings. The Morgan fingerprint density at radius 3 is 3.14 bits per heavy atom. The quantitative estimate of drug-likeness (QED) is 0.766. The summed E-state index contributed by atoms with van der Waals surface area (Å²) in [6.07, 6.45) is 1.94. The average Bonchev–Trinajstić information content (AvgIpc) is 2.48. The third-order valence-electron chi connectivity index (χ3n) is 2.41. The van der Waals surface area contributed by atoms with Crippen molar-refractivity contribution in [3.05, 3.63) is 28.9 Å². The van der Waals surface area contributed by atoms with Crippen molar-refractivity contribution in [1.29, 1.82) is 0 Å². The smallest absolute Gasteiger partial charge is 0.244 e. The van der Waals surface area contributed by atoms with Crippen LogP contribution in [0.4, 0.5) is 5.69 Å². The van der Waals surface area contributed by atoms with Crippen molar-refractivity contribution in [3.8, 4) is 0 Å². The van der Waals surface area contributed by atoms with Gasteiger partial charge in [0.2, 0.25) is 5.91 Å². The second kappa shape index (κ2) is 2.60. The molecule has 0 fully saturated rings. The maximum Gasteiger partial charge on any atom is 0.244 e. The summed E-state index contributed by atoms with van der Waals surface area (Å²) in [4.78, 5) is 11.3. The van der Waals surface area contributed by atoms with E-state index < -0.39 is 0 Å². The van der Waals surface area contributed by atoms with E-state index in [4.69, 9.17) is 0 Å². The Labute approximate surface area is 88.8 Å². The van der Waals surface area contributed by atoms with Gasteiger partial charge in [-0.25, -0.2) is 0 Å². The van der Waals surface area contributed by atoms with Gasteiger partial charge in [0, 0.05) is 16.1 Å². The van der Waals surface area contributed by atoms with Crippen molar-refractivity contribution in [1.82, 2.24) is 4.57 Å². The molecule has 1 aliphatic heterocycles. The molecule has 0 aliphatic carbocycles. The lowest BCUT2D eigenvalue weighted by molar-refractivity contribution is -0.116. The van der Waals surface area contributed by atoms with Crippen molar-refractivity contribution < 1.29 is 4.79 Å². The van der Waals surface area contributed by atoms with Crippen LogP contribution in [0, 0.1) is 0 Å². The van der Waals surface area contributed by atoms with Crippen molar-refractivity contribution in [2.24, 2.45) is 0 Å². The topological polar surface area (TPSA) is 34.0 Å². The van der Waals surface area contributed by atoms with Crippen LogP contribution in [0.5, 0.6) is 0 Å². The largest absolute Gasteiger partial charge is 0.336 e. The Bertz CT molecular complexity index is 544. The minimum atomic E-state index is 0.0353. The van der Waals surface area contributed by atoms with Crippen LogP contribution in [0.3, 0.4) is 0 Å². The maximum atomic E-state index is 11.3. The Morgan fingerprint density at radius 1 is 1.43 bits per heavy atom. The standard InChI is InChI=1S/C10H7BrN2O/c11-7-3-6-1-2-13-5-9(14)12-8(4-7)10(6)13/h1-4H,5H2,(H,12,14). The molecule has 1 aromatic carbocycles.